The highest BCUT2D eigenvalue weighted by Crippen LogP contribution is 2.57. The van der Waals surface area contributed by atoms with Gasteiger partial charge in [0.2, 0.25) is 4.87 Å². The molecule has 2 aliphatic rings. The second-order valence-electron chi connectivity index (χ2n) is 7.86. The van der Waals surface area contributed by atoms with E-state index >= 15 is 0 Å². The first kappa shape index (κ1) is 20.7. The zero-order valence-electron chi connectivity index (χ0n) is 17.5. The Balaban J connectivity index is 1.65. The number of carbonyl (C=O) groups is 2. The Morgan fingerprint density at radius 3 is 2.34 bits per heavy atom. The number of thioether (sulfide) groups is 1. The van der Waals surface area contributed by atoms with Crippen molar-refractivity contribution in [2.24, 2.45) is 0 Å². The van der Waals surface area contributed by atoms with E-state index in [9.17, 15) is 9.59 Å². The van der Waals surface area contributed by atoms with Crippen LogP contribution in [0.5, 0.6) is 0 Å². The molecule has 1 saturated heterocycles. The molecule has 0 aromatic heterocycles. The SMILES string of the molecule is CN(C)c1ccc(/C=C2\S[C@]3(C(=O)Nc4ccccc43)N(c3ccc(Cl)cc3)C2=O)cc1. The van der Waals surface area contributed by atoms with Crippen LogP contribution in [0.3, 0.4) is 0 Å². The molecule has 160 valence electrons. The van der Waals surface area contributed by atoms with Gasteiger partial charge >= 0.3 is 0 Å². The molecule has 1 spiro atoms. The van der Waals surface area contributed by atoms with Gasteiger partial charge in [-0.05, 0) is 54.1 Å². The summed E-state index contributed by atoms with van der Waals surface area (Å²) >= 11 is 7.36. The van der Waals surface area contributed by atoms with Crippen molar-refractivity contribution in [2.75, 3.05) is 29.2 Å². The van der Waals surface area contributed by atoms with E-state index in [0.29, 0.717) is 21.3 Å². The first-order chi connectivity index (χ1) is 15.4. The third-order valence-corrected chi connectivity index (χ3v) is 7.27. The van der Waals surface area contributed by atoms with Gasteiger partial charge in [0.1, 0.15) is 0 Å². The number of hydrogen-bond acceptors (Lipinski definition) is 4. The predicted octanol–water partition coefficient (Wildman–Crippen LogP) is 5.33. The lowest BCUT2D eigenvalue weighted by molar-refractivity contribution is -0.121. The Morgan fingerprint density at radius 1 is 0.969 bits per heavy atom. The molecule has 5 rings (SSSR count). The fraction of sp³-hybridized carbons (Fsp3) is 0.120. The van der Waals surface area contributed by atoms with Gasteiger partial charge in [-0.1, -0.05) is 53.7 Å². The van der Waals surface area contributed by atoms with Crippen LogP contribution in [0.4, 0.5) is 17.1 Å². The number of nitrogens with one attached hydrogen (secondary N) is 1. The van der Waals surface area contributed by atoms with Crippen molar-refractivity contribution in [1.29, 1.82) is 0 Å². The summed E-state index contributed by atoms with van der Waals surface area (Å²) in [6, 6.07) is 22.4. The molecule has 2 heterocycles. The van der Waals surface area contributed by atoms with Crippen LogP contribution in [0.15, 0.2) is 77.7 Å². The number of rotatable bonds is 3. The van der Waals surface area contributed by atoms with E-state index in [4.69, 9.17) is 11.6 Å². The Kier molecular flexibility index (Phi) is 4.99. The highest BCUT2D eigenvalue weighted by atomic mass is 35.5. The highest BCUT2D eigenvalue weighted by Gasteiger charge is 2.60. The van der Waals surface area contributed by atoms with Gasteiger partial charge in [-0.25, -0.2) is 0 Å². The third-order valence-electron chi connectivity index (χ3n) is 5.63. The van der Waals surface area contributed by atoms with Crippen LogP contribution in [-0.2, 0) is 14.5 Å². The van der Waals surface area contributed by atoms with Gasteiger partial charge in [0.05, 0.1) is 4.91 Å². The normalized spacial score (nSPS) is 20.7. The topological polar surface area (TPSA) is 52.7 Å². The van der Waals surface area contributed by atoms with Crippen LogP contribution in [-0.4, -0.2) is 25.9 Å². The summed E-state index contributed by atoms with van der Waals surface area (Å²) < 4.78 is 0. The summed E-state index contributed by atoms with van der Waals surface area (Å²) in [5.41, 5.74) is 4.07. The summed E-state index contributed by atoms with van der Waals surface area (Å²) in [7, 11) is 3.96. The van der Waals surface area contributed by atoms with E-state index in [2.05, 4.69) is 5.32 Å². The van der Waals surface area contributed by atoms with E-state index in [1.807, 2.05) is 73.6 Å². The minimum atomic E-state index is -1.21. The molecule has 1 N–H and O–H groups in total. The molecule has 0 radical (unpaired) electrons. The van der Waals surface area contributed by atoms with Gasteiger partial charge in [0.15, 0.2) is 0 Å². The number of halogens is 1. The Labute approximate surface area is 195 Å². The predicted molar refractivity (Wildman–Crippen MR) is 132 cm³/mol. The number of fused-ring (bicyclic) bond motifs is 2. The molecule has 1 atom stereocenters. The Bertz CT molecular complexity index is 1250. The van der Waals surface area contributed by atoms with Crippen molar-refractivity contribution in [2.45, 2.75) is 4.87 Å². The van der Waals surface area contributed by atoms with Crippen molar-refractivity contribution in [3.8, 4) is 0 Å². The van der Waals surface area contributed by atoms with Gasteiger partial charge < -0.3 is 10.2 Å². The maximum atomic E-state index is 13.7. The second-order valence-corrected chi connectivity index (χ2v) is 9.53. The molecule has 7 heteroatoms. The van der Waals surface area contributed by atoms with Gasteiger partial charge in [0, 0.05) is 41.7 Å². The quantitative estimate of drug-likeness (QED) is 0.535. The van der Waals surface area contributed by atoms with Crippen LogP contribution in [0.25, 0.3) is 6.08 Å². The minimum Gasteiger partial charge on any atom is -0.378 e. The summed E-state index contributed by atoms with van der Waals surface area (Å²) in [6.07, 6.45) is 1.85. The Morgan fingerprint density at radius 2 is 1.66 bits per heavy atom. The number of benzene rings is 3. The summed E-state index contributed by atoms with van der Waals surface area (Å²) in [5.74, 6) is -0.459. The molecule has 3 aromatic carbocycles. The lowest BCUT2D eigenvalue weighted by atomic mass is 10.0. The monoisotopic (exact) mass is 461 g/mol. The van der Waals surface area contributed by atoms with E-state index in [-0.39, 0.29) is 11.8 Å². The largest absolute Gasteiger partial charge is 0.378 e. The molecular formula is C25H20ClN3O2S. The number of hydrogen-bond donors (Lipinski definition) is 1. The molecule has 2 amide bonds. The Hall–Kier alpha value is -3.22. The van der Waals surface area contributed by atoms with Crippen LogP contribution in [0, 0.1) is 0 Å². The molecule has 2 aliphatic heterocycles. The first-order valence-corrected chi connectivity index (χ1v) is 11.3. The van der Waals surface area contributed by atoms with E-state index in [0.717, 1.165) is 16.8 Å². The van der Waals surface area contributed by atoms with Gasteiger partial charge in [-0.15, -0.1) is 0 Å². The van der Waals surface area contributed by atoms with Crippen molar-refractivity contribution in [1.82, 2.24) is 0 Å². The van der Waals surface area contributed by atoms with Crippen molar-refractivity contribution < 1.29 is 9.59 Å². The zero-order chi connectivity index (χ0) is 22.5. The summed E-state index contributed by atoms with van der Waals surface area (Å²) in [4.78, 5) is 30.0. The smallest absolute Gasteiger partial charge is 0.266 e. The average Bonchev–Trinajstić information content (AvgIpc) is 3.23. The van der Waals surface area contributed by atoms with Crippen molar-refractivity contribution >= 4 is 58.3 Å². The number of amides is 2. The number of carbonyl (C=O) groups excluding carboxylic acids is 2. The van der Waals surface area contributed by atoms with Crippen molar-refractivity contribution in [3.63, 3.8) is 0 Å². The lowest BCUT2D eigenvalue weighted by Gasteiger charge is -2.31. The molecule has 1 fully saturated rings. The van der Waals surface area contributed by atoms with Crippen LogP contribution in [0.1, 0.15) is 11.1 Å². The van der Waals surface area contributed by atoms with E-state index in [1.54, 1.807) is 29.2 Å². The van der Waals surface area contributed by atoms with Crippen LogP contribution >= 0.6 is 23.4 Å². The number of nitrogens with zero attached hydrogens (tertiary/aromatic N) is 2. The number of para-hydroxylation sites is 1. The van der Waals surface area contributed by atoms with Crippen LogP contribution < -0.4 is 15.1 Å². The molecule has 0 aliphatic carbocycles. The maximum Gasteiger partial charge on any atom is 0.266 e. The molecular weight excluding hydrogens is 442 g/mol. The van der Waals surface area contributed by atoms with Gasteiger partial charge in [-0.3, -0.25) is 14.5 Å². The van der Waals surface area contributed by atoms with Crippen LogP contribution in [0.2, 0.25) is 5.02 Å². The maximum absolute atomic E-state index is 13.7. The zero-order valence-corrected chi connectivity index (χ0v) is 19.1. The number of anilines is 3. The summed E-state index contributed by atoms with van der Waals surface area (Å²) in [6.45, 7) is 0. The van der Waals surface area contributed by atoms with Crippen molar-refractivity contribution in [3.05, 3.63) is 93.9 Å². The third kappa shape index (κ3) is 3.18. The van der Waals surface area contributed by atoms with E-state index in [1.165, 1.54) is 11.8 Å². The second kappa shape index (κ2) is 7.73. The molecule has 0 bridgehead atoms. The standard InChI is InChI=1S/C25H20ClN3O2S/c1-28(2)18-11-7-16(8-12-18)15-22-23(30)29(19-13-9-17(26)10-14-19)25(32-22)20-5-3-4-6-21(20)27-24(25)31/h3-15H,1-2H3,(H,27,31)/b22-15-/t25-/m1/s1. The summed E-state index contributed by atoms with van der Waals surface area (Å²) in [5, 5.41) is 3.52. The molecule has 5 nitrogen and oxygen atoms in total. The van der Waals surface area contributed by atoms with Gasteiger partial charge in [-0.2, -0.15) is 0 Å². The average molecular weight is 462 g/mol. The molecule has 32 heavy (non-hydrogen) atoms. The fourth-order valence-electron chi connectivity index (χ4n) is 4.04. The molecule has 3 aromatic rings. The lowest BCUT2D eigenvalue weighted by Crippen LogP contribution is -2.47. The molecule has 0 unspecified atom stereocenters. The highest BCUT2D eigenvalue weighted by molar-refractivity contribution is 8.06. The van der Waals surface area contributed by atoms with Gasteiger partial charge in [0.25, 0.3) is 11.8 Å². The fourth-order valence-corrected chi connectivity index (χ4v) is 5.57. The van der Waals surface area contributed by atoms with E-state index < -0.39 is 4.87 Å². The first-order valence-electron chi connectivity index (χ1n) is 10.1. The minimum absolute atomic E-state index is 0.221. The molecule has 0 saturated carbocycles.